The predicted octanol–water partition coefficient (Wildman–Crippen LogP) is -0.217. The van der Waals surface area contributed by atoms with Gasteiger partial charge in [-0.15, -0.1) is 5.01 Å². The maximum absolute atomic E-state index is 10.4. The number of rotatable bonds is 2. The number of halogens is 1. The minimum Gasteiger partial charge on any atom is -0.465 e. The topological polar surface area (TPSA) is 91.7 Å². The van der Waals surface area contributed by atoms with Crippen LogP contribution in [0.4, 0.5) is 10.7 Å². The molecule has 9 heteroatoms. The number of anilines is 1. The van der Waals surface area contributed by atoms with Gasteiger partial charge in [-0.05, 0) is 0 Å². The number of hydrogen-bond donors (Lipinski definition) is 2. The van der Waals surface area contributed by atoms with E-state index in [0.29, 0.717) is 30.9 Å². The van der Waals surface area contributed by atoms with Crippen molar-refractivity contribution in [3.8, 4) is 0 Å². The van der Waals surface area contributed by atoms with Gasteiger partial charge in [0.2, 0.25) is 5.27 Å². The van der Waals surface area contributed by atoms with Gasteiger partial charge in [0.1, 0.15) is 0 Å². The van der Waals surface area contributed by atoms with E-state index in [-0.39, 0.29) is 5.88 Å². The highest BCUT2D eigenvalue weighted by Gasteiger charge is 2.30. The Kier molecular flexibility index (Phi) is 3.25. The van der Waals surface area contributed by atoms with E-state index in [0.717, 1.165) is 0 Å². The number of carboxylic acid groups (broad SMARTS) is 1. The van der Waals surface area contributed by atoms with Crippen molar-refractivity contribution in [3.05, 3.63) is 4.60 Å². The van der Waals surface area contributed by atoms with Crippen molar-refractivity contribution >= 4 is 27.9 Å². The van der Waals surface area contributed by atoms with Crippen molar-refractivity contribution in [2.75, 3.05) is 36.6 Å². The second-order valence-corrected chi connectivity index (χ2v) is 3.83. The summed E-state index contributed by atoms with van der Waals surface area (Å²) in [5, 5.41) is 16.3. The van der Waals surface area contributed by atoms with Crippen molar-refractivity contribution in [3.63, 3.8) is 0 Å². The average molecular weight is 294 g/mol. The Morgan fingerprint density at radius 2 is 2.25 bits per heavy atom. The van der Waals surface area contributed by atoms with Crippen LogP contribution in [-0.2, 0) is 4.74 Å². The van der Waals surface area contributed by atoms with Crippen molar-refractivity contribution in [1.82, 2.24) is 5.27 Å². The molecule has 1 aliphatic rings. The van der Waals surface area contributed by atoms with Gasteiger partial charge in [-0.25, -0.2) is 4.79 Å². The molecular formula is C7H10BrN4O4+. The molecule has 0 spiro atoms. The minimum absolute atomic E-state index is 0.0546. The second kappa shape index (κ2) is 4.66. The van der Waals surface area contributed by atoms with Crippen LogP contribution in [0, 0.1) is 0 Å². The molecule has 1 aliphatic heterocycles. The normalized spacial score (nSPS) is 16.2. The monoisotopic (exact) mass is 293 g/mol. The first-order valence-electron chi connectivity index (χ1n) is 4.59. The van der Waals surface area contributed by atoms with Crippen molar-refractivity contribution in [1.29, 1.82) is 0 Å². The second-order valence-electron chi connectivity index (χ2n) is 3.08. The molecule has 1 fully saturated rings. The molecule has 0 aromatic carbocycles. The van der Waals surface area contributed by atoms with Gasteiger partial charge in [-0.3, -0.25) is 9.84 Å². The van der Waals surface area contributed by atoms with Gasteiger partial charge in [0.05, 0.1) is 31.1 Å². The molecular weight excluding hydrogens is 284 g/mol. The fourth-order valence-corrected chi connectivity index (χ4v) is 1.79. The summed E-state index contributed by atoms with van der Waals surface area (Å²) in [4.78, 5) is 11.9. The van der Waals surface area contributed by atoms with Crippen LogP contribution in [0.2, 0.25) is 0 Å². The van der Waals surface area contributed by atoms with Gasteiger partial charge in [-0.2, -0.15) is 0 Å². The molecule has 1 amide bonds. The van der Waals surface area contributed by atoms with Crippen LogP contribution in [0.3, 0.4) is 0 Å². The van der Waals surface area contributed by atoms with E-state index >= 15 is 0 Å². The summed E-state index contributed by atoms with van der Waals surface area (Å²) >= 11 is 3.21. The molecule has 88 valence electrons. The van der Waals surface area contributed by atoms with Gasteiger partial charge in [0.25, 0.3) is 0 Å². The molecule has 0 aliphatic carbocycles. The number of nitrogens with zero attached hydrogens (tertiary/aromatic N) is 3. The zero-order valence-corrected chi connectivity index (χ0v) is 9.81. The molecule has 0 bridgehead atoms. The molecule has 1 saturated heterocycles. The van der Waals surface area contributed by atoms with E-state index in [1.165, 1.54) is 4.79 Å². The lowest BCUT2D eigenvalue weighted by Gasteiger charge is -2.18. The Morgan fingerprint density at radius 3 is 2.88 bits per heavy atom. The quantitative estimate of drug-likeness (QED) is 0.733. The molecule has 1 aromatic heterocycles. The first kappa shape index (κ1) is 11.1. The van der Waals surface area contributed by atoms with Crippen molar-refractivity contribution < 1.29 is 24.0 Å². The molecule has 0 unspecified atom stereocenters. The molecule has 0 radical (unpaired) electrons. The Labute approximate surface area is 98.8 Å². The summed E-state index contributed by atoms with van der Waals surface area (Å²) in [6, 6.07) is 0. The van der Waals surface area contributed by atoms with Crippen LogP contribution >= 0.6 is 15.9 Å². The fraction of sp³-hybridized carbons (Fsp3) is 0.571. The lowest BCUT2D eigenvalue weighted by atomic mass is 10.5. The molecule has 0 atom stereocenters. The molecule has 2 rings (SSSR count). The van der Waals surface area contributed by atoms with Crippen LogP contribution in [0.1, 0.15) is 0 Å². The van der Waals surface area contributed by atoms with Crippen LogP contribution < -0.4 is 15.1 Å². The number of carbonyl (C=O) groups is 1. The Hall–Kier alpha value is -1.35. The van der Waals surface area contributed by atoms with Crippen LogP contribution in [0.25, 0.3) is 0 Å². The lowest BCUT2D eigenvalue weighted by molar-refractivity contribution is -0.768. The van der Waals surface area contributed by atoms with Crippen molar-refractivity contribution in [2.24, 2.45) is 0 Å². The van der Waals surface area contributed by atoms with Gasteiger partial charge in [0.15, 0.2) is 0 Å². The molecule has 0 saturated carbocycles. The summed E-state index contributed by atoms with van der Waals surface area (Å²) in [5.41, 5.74) is 0. The number of hydrogen-bond acceptors (Lipinski definition) is 5. The molecule has 1 aromatic rings. The van der Waals surface area contributed by atoms with E-state index in [2.05, 4.69) is 26.5 Å². The van der Waals surface area contributed by atoms with Gasteiger partial charge in [-0.1, -0.05) is 0 Å². The smallest absolute Gasteiger partial charge is 0.411 e. The Bertz CT molecular complexity index is 390. The van der Waals surface area contributed by atoms with Gasteiger partial charge >= 0.3 is 16.6 Å². The molecule has 8 nitrogen and oxygen atoms in total. The van der Waals surface area contributed by atoms with E-state index in [1.54, 1.807) is 0 Å². The standard InChI is InChI=1S/C7H9BrN4O4/c8-5-6(9-7(13)14)16-10-12(5)11-1-3-15-4-2-11/h1-4H2,(H-,9,10,13,14)/p+1. The van der Waals surface area contributed by atoms with E-state index < -0.39 is 6.09 Å². The highest BCUT2D eigenvalue weighted by molar-refractivity contribution is 9.10. The minimum atomic E-state index is -1.20. The number of ether oxygens (including phenoxy) is 1. The molecule has 2 heterocycles. The lowest BCUT2D eigenvalue weighted by Crippen LogP contribution is -2.63. The highest BCUT2D eigenvalue weighted by atomic mass is 79.9. The summed E-state index contributed by atoms with van der Waals surface area (Å²) in [7, 11) is 0. The van der Waals surface area contributed by atoms with Crippen LogP contribution in [0.5, 0.6) is 0 Å². The van der Waals surface area contributed by atoms with Gasteiger partial charge < -0.3 is 9.84 Å². The fourth-order valence-electron chi connectivity index (χ4n) is 1.33. The zero-order chi connectivity index (χ0) is 11.5. The maximum atomic E-state index is 10.4. The SMILES string of the molecule is O=C(O)Nc1on[n+](N2CCOCC2)c1Br. The summed E-state index contributed by atoms with van der Waals surface area (Å²) in [6.07, 6.45) is -1.20. The van der Waals surface area contributed by atoms with Crippen LogP contribution in [-0.4, -0.2) is 42.8 Å². The van der Waals surface area contributed by atoms with E-state index in [4.69, 9.17) is 14.4 Å². The number of morpholine rings is 1. The first-order chi connectivity index (χ1) is 7.68. The number of nitrogens with one attached hydrogen (secondary N) is 1. The number of amides is 1. The summed E-state index contributed by atoms with van der Waals surface area (Å²) in [6.45, 7) is 2.55. The van der Waals surface area contributed by atoms with E-state index in [1.807, 2.05) is 5.01 Å². The summed E-state index contributed by atoms with van der Waals surface area (Å²) < 4.78 is 10.5. The number of aromatic nitrogens is 2. The Morgan fingerprint density at radius 1 is 1.56 bits per heavy atom. The van der Waals surface area contributed by atoms with Crippen LogP contribution in [0.15, 0.2) is 9.13 Å². The zero-order valence-electron chi connectivity index (χ0n) is 8.22. The Balaban J connectivity index is 2.15. The third kappa shape index (κ3) is 2.25. The highest BCUT2D eigenvalue weighted by Crippen LogP contribution is 2.16. The largest absolute Gasteiger partial charge is 0.465 e. The average Bonchev–Trinajstić information content (AvgIpc) is 2.61. The molecule has 16 heavy (non-hydrogen) atoms. The first-order valence-corrected chi connectivity index (χ1v) is 5.38. The van der Waals surface area contributed by atoms with E-state index in [9.17, 15) is 4.79 Å². The molecule has 2 N–H and O–H groups in total. The third-order valence-electron chi connectivity index (χ3n) is 2.05. The van der Waals surface area contributed by atoms with Crippen molar-refractivity contribution in [2.45, 2.75) is 0 Å². The summed E-state index contributed by atoms with van der Waals surface area (Å²) in [5.74, 6) is 0.0546. The van der Waals surface area contributed by atoms with Gasteiger partial charge in [0, 0.05) is 15.9 Å². The predicted molar refractivity (Wildman–Crippen MR) is 54.8 cm³/mol. The maximum Gasteiger partial charge on any atom is 0.411 e. The third-order valence-corrected chi connectivity index (χ3v) is 2.73.